The van der Waals surface area contributed by atoms with Gasteiger partial charge in [0.2, 0.25) is 5.91 Å². The van der Waals surface area contributed by atoms with Crippen molar-refractivity contribution in [3.8, 4) is 0 Å². The number of carbonyl (C=O) groups excluding carboxylic acids is 1. The molecule has 1 aliphatic heterocycles. The Morgan fingerprint density at radius 1 is 1.27 bits per heavy atom. The quantitative estimate of drug-likeness (QED) is 0.773. The normalized spacial score (nSPS) is 18.0. The van der Waals surface area contributed by atoms with Crippen LogP contribution in [-0.4, -0.2) is 23.9 Å². The third kappa shape index (κ3) is 5.89. The van der Waals surface area contributed by atoms with Gasteiger partial charge < -0.3 is 9.73 Å². The van der Waals surface area contributed by atoms with E-state index in [1.807, 2.05) is 31.2 Å². The summed E-state index contributed by atoms with van der Waals surface area (Å²) in [7, 11) is 0. The number of amides is 1. The third-order valence-electron chi connectivity index (χ3n) is 4.96. The molecule has 1 aromatic heterocycles. The van der Waals surface area contributed by atoms with Crippen molar-refractivity contribution in [2.24, 2.45) is 5.92 Å². The van der Waals surface area contributed by atoms with Crippen LogP contribution in [0.2, 0.25) is 5.02 Å². The number of hydrogen-bond donors (Lipinski definition) is 1. The molecule has 0 saturated carbocycles. The van der Waals surface area contributed by atoms with Crippen molar-refractivity contribution >= 4 is 17.5 Å². The van der Waals surface area contributed by atoms with Gasteiger partial charge in [0.15, 0.2) is 0 Å². The van der Waals surface area contributed by atoms with Gasteiger partial charge in [-0.05, 0) is 68.5 Å². The highest BCUT2D eigenvalue weighted by Gasteiger charge is 2.20. The van der Waals surface area contributed by atoms with E-state index in [0.29, 0.717) is 18.9 Å². The molecular weight excluding hydrogens is 348 g/mol. The summed E-state index contributed by atoms with van der Waals surface area (Å²) >= 11 is 5.96. The van der Waals surface area contributed by atoms with Gasteiger partial charge in [-0.3, -0.25) is 9.69 Å². The lowest BCUT2D eigenvalue weighted by atomic mass is 9.93. The van der Waals surface area contributed by atoms with Crippen LogP contribution in [0.3, 0.4) is 0 Å². The van der Waals surface area contributed by atoms with Gasteiger partial charge in [-0.1, -0.05) is 23.7 Å². The summed E-state index contributed by atoms with van der Waals surface area (Å²) in [4.78, 5) is 14.6. The Morgan fingerprint density at radius 2 is 2.08 bits per heavy atom. The number of aryl methyl sites for hydroxylation is 1. The van der Waals surface area contributed by atoms with Crippen LogP contribution in [0.1, 0.15) is 42.8 Å². The van der Waals surface area contributed by atoms with E-state index in [1.165, 1.54) is 18.4 Å². The molecule has 2 aromatic rings. The minimum Gasteiger partial charge on any atom is -0.465 e. The second-order valence-corrected chi connectivity index (χ2v) is 7.63. The maximum absolute atomic E-state index is 12.1. The number of furan rings is 1. The maximum Gasteiger partial charge on any atom is 0.220 e. The second-order valence-electron chi connectivity index (χ2n) is 7.20. The molecule has 3 rings (SSSR count). The van der Waals surface area contributed by atoms with Crippen molar-refractivity contribution in [1.29, 1.82) is 0 Å². The van der Waals surface area contributed by atoms with E-state index in [0.717, 1.165) is 42.6 Å². The molecule has 0 bridgehead atoms. The SMILES string of the molecule is Cc1ccc(CNC(=O)CC[C@@H]2CCCN(Cc3ccc(Cl)cc3)C2)o1. The highest BCUT2D eigenvalue weighted by atomic mass is 35.5. The van der Waals surface area contributed by atoms with Crippen LogP contribution in [0.15, 0.2) is 40.8 Å². The number of piperidine rings is 1. The zero-order valence-electron chi connectivity index (χ0n) is 15.3. The molecule has 4 nitrogen and oxygen atoms in total. The molecule has 0 spiro atoms. The van der Waals surface area contributed by atoms with E-state index in [1.54, 1.807) is 0 Å². The standard InChI is InChI=1S/C21H27ClN2O2/c1-16-4-10-20(26-16)13-23-21(25)11-7-17-3-2-12-24(14-17)15-18-5-8-19(22)9-6-18/h4-6,8-10,17H,2-3,7,11-15H2,1H3,(H,23,25)/t17-/m0/s1. The first kappa shape index (κ1) is 19.0. The van der Waals surface area contributed by atoms with Crippen molar-refractivity contribution in [3.63, 3.8) is 0 Å². The van der Waals surface area contributed by atoms with Crippen molar-refractivity contribution in [2.45, 2.75) is 45.7 Å². The topological polar surface area (TPSA) is 45.5 Å². The Bertz CT molecular complexity index is 711. The molecule has 0 radical (unpaired) electrons. The molecule has 1 saturated heterocycles. The van der Waals surface area contributed by atoms with Crippen LogP contribution >= 0.6 is 11.6 Å². The summed E-state index contributed by atoms with van der Waals surface area (Å²) in [5.41, 5.74) is 1.29. The highest BCUT2D eigenvalue weighted by Crippen LogP contribution is 2.23. The van der Waals surface area contributed by atoms with Gasteiger partial charge in [-0.15, -0.1) is 0 Å². The largest absolute Gasteiger partial charge is 0.465 e. The van der Waals surface area contributed by atoms with Crippen LogP contribution in [-0.2, 0) is 17.9 Å². The Hall–Kier alpha value is -1.78. The van der Waals surface area contributed by atoms with Crippen LogP contribution in [0.25, 0.3) is 0 Å². The summed E-state index contributed by atoms with van der Waals surface area (Å²) in [6, 6.07) is 11.9. The first-order chi connectivity index (χ1) is 12.6. The second kappa shape index (κ2) is 9.24. The molecule has 1 N–H and O–H groups in total. The fraction of sp³-hybridized carbons (Fsp3) is 0.476. The van der Waals surface area contributed by atoms with Crippen molar-refractivity contribution in [3.05, 3.63) is 58.5 Å². The van der Waals surface area contributed by atoms with Crippen LogP contribution < -0.4 is 5.32 Å². The lowest BCUT2D eigenvalue weighted by Gasteiger charge is -2.32. The number of halogens is 1. The number of carbonyl (C=O) groups is 1. The fourth-order valence-electron chi connectivity index (χ4n) is 3.57. The van der Waals surface area contributed by atoms with Gasteiger partial charge in [0, 0.05) is 24.5 Å². The number of likely N-dealkylation sites (tertiary alicyclic amines) is 1. The lowest BCUT2D eigenvalue weighted by molar-refractivity contribution is -0.121. The summed E-state index contributed by atoms with van der Waals surface area (Å²) < 4.78 is 5.48. The first-order valence-electron chi connectivity index (χ1n) is 9.37. The van der Waals surface area contributed by atoms with Crippen LogP contribution in [0.5, 0.6) is 0 Å². The molecular formula is C21H27ClN2O2. The van der Waals surface area contributed by atoms with Gasteiger partial charge in [-0.2, -0.15) is 0 Å². The molecule has 2 heterocycles. The molecule has 1 aromatic carbocycles. The summed E-state index contributed by atoms with van der Waals surface area (Å²) in [5, 5.41) is 3.73. The molecule has 26 heavy (non-hydrogen) atoms. The van der Waals surface area contributed by atoms with Gasteiger partial charge >= 0.3 is 0 Å². The average Bonchev–Trinajstić information content (AvgIpc) is 3.06. The number of rotatable bonds is 7. The van der Waals surface area contributed by atoms with E-state index in [2.05, 4.69) is 22.3 Å². The minimum absolute atomic E-state index is 0.105. The maximum atomic E-state index is 12.1. The smallest absolute Gasteiger partial charge is 0.220 e. The van der Waals surface area contributed by atoms with E-state index in [-0.39, 0.29) is 5.91 Å². The van der Waals surface area contributed by atoms with Crippen molar-refractivity contribution < 1.29 is 9.21 Å². The zero-order chi connectivity index (χ0) is 18.4. The van der Waals surface area contributed by atoms with Crippen LogP contribution in [0.4, 0.5) is 0 Å². The van der Waals surface area contributed by atoms with Gasteiger partial charge in [0.1, 0.15) is 11.5 Å². The predicted octanol–water partition coefficient (Wildman–Crippen LogP) is 4.55. The van der Waals surface area contributed by atoms with E-state index in [9.17, 15) is 4.79 Å². The predicted molar refractivity (Wildman–Crippen MR) is 104 cm³/mol. The molecule has 0 aliphatic carbocycles. The van der Waals surface area contributed by atoms with E-state index in [4.69, 9.17) is 16.0 Å². The van der Waals surface area contributed by atoms with Crippen molar-refractivity contribution in [2.75, 3.05) is 13.1 Å². The molecule has 5 heteroatoms. The van der Waals surface area contributed by atoms with Gasteiger partial charge in [0.05, 0.1) is 6.54 Å². The first-order valence-corrected chi connectivity index (χ1v) is 9.75. The Balaban J connectivity index is 1.38. The summed E-state index contributed by atoms with van der Waals surface area (Å²) in [5.74, 6) is 2.38. The molecule has 140 valence electrons. The van der Waals surface area contributed by atoms with E-state index < -0.39 is 0 Å². The van der Waals surface area contributed by atoms with Gasteiger partial charge in [0.25, 0.3) is 0 Å². The molecule has 1 aliphatic rings. The van der Waals surface area contributed by atoms with Crippen molar-refractivity contribution in [1.82, 2.24) is 10.2 Å². The van der Waals surface area contributed by atoms with E-state index >= 15 is 0 Å². The monoisotopic (exact) mass is 374 g/mol. The molecule has 1 atom stereocenters. The lowest BCUT2D eigenvalue weighted by Crippen LogP contribution is -2.35. The number of nitrogens with zero attached hydrogens (tertiary/aromatic N) is 1. The summed E-state index contributed by atoms with van der Waals surface area (Å²) in [6.45, 7) is 5.53. The average molecular weight is 375 g/mol. The molecule has 1 fully saturated rings. The number of nitrogens with one attached hydrogen (secondary N) is 1. The Kier molecular flexibility index (Phi) is 6.75. The Labute approximate surface area is 160 Å². The van der Waals surface area contributed by atoms with Crippen LogP contribution in [0, 0.1) is 12.8 Å². The minimum atomic E-state index is 0.105. The third-order valence-corrected chi connectivity index (χ3v) is 5.21. The fourth-order valence-corrected chi connectivity index (χ4v) is 3.69. The highest BCUT2D eigenvalue weighted by molar-refractivity contribution is 6.30. The Morgan fingerprint density at radius 3 is 2.81 bits per heavy atom. The molecule has 1 amide bonds. The number of benzene rings is 1. The molecule has 0 unspecified atom stereocenters. The zero-order valence-corrected chi connectivity index (χ0v) is 16.1. The van der Waals surface area contributed by atoms with Gasteiger partial charge in [-0.25, -0.2) is 0 Å². The summed E-state index contributed by atoms with van der Waals surface area (Å²) in [6.07, 6.45) is 3.94. The number of hydrogen-bond acceptors (Lipinski definition) is 3.